The molecular formula is C19H18BrN3O4. The highest BCUT2D eigenvalue weighted by molar-refractivity contribution is 9.10. The summed E-state index contributed by atoms with van der Waals surface area (Å²) in [5, 5.41) is 13.0. The predicted octanol–water partition coefficient (Wildman–Crippen LogP) is 3.04. The minimum Gasteiger partial charge on any atom is -0.395 e. The number of ketones is 1. The second-order valence-corrected chi connectivity index (χ2v) is 6.97. The van der Waals surface area contributed by atoms with E-state index >= 15 is 0 Å². The molecule has 0 aliphatic rings. The molecule has 0 fully saturated rings. The molecule has 0 aliphatic carbocycles. The van der Waals surface area contributed by atoms with Gasteiger partial charge in [0, 0.05) is 35.4 Å². The van der Waals surface area contributed by atoms with Gasteiger partial charge in [0.1, 0.15) is 17.1 Å². The maximum Gasteiger partial charge on any atom is 0.270 e. The van der Waals surface area contributed by atoms with Gasteiger partial charge in [-0.25, -0.2) is 0 Å². The van der Waals surface area contributed by atoms with Crippen LogP contribution in [0.3, 0.4) is 0 Å². The Labute approximate surface area is 164 Å². The molecule has 0 saturated carbocycles. The van der Waals surface area contributed by atoms with E-state index in [0.717, 1.165) is 10.0 Å². The van der Waals surface area contributed by atoms with Crippen LogP contribution in [0.5, 0.6) is 0 Å². The van der Waals surface area contributed by atoms with E-state index in [1.54, 1.807) is 14.0 Å². The van der Waals surface area contributed by atoms with Crippen molar-refractivity contribution in [2.24, 2.45) is 0 Å². The highest BCUT2D eigenvalue weighted by Crippen LogP contribution is 2.28. The normalized spacial score (nSPS) is 10.8. The Balaban J connectivity index is 1.92. The number of nitrogens with one attached hydrogen (secondary N) is 1. The van der Waals surface area contributed by atoms with E-state index in [0.29, 0.717) is 22.6 Å². The SMILES string of the molecule is Cc1onc(-c2ccc(Br)cc2)c1C(=O)c1c[nH]c(C(=O)N(C)CCO)c1. The van der Waals surface area contributed by atoms with Crippen LogP contribution < -0.4 is 0 Å². The summed E-state index contributed by atoms with van der Waals surface area (Å²) >= 11 is 3.38. The molecule has 0 spiro atoms. The highest BCUT2D eigenvalue weighted by Gasteiger charge is 2.24. The van der Waals surface area contributed by atoms with Gasteiger partial charge >= 0.3 is 0 Å². The van der Waals surface area contributed by atoms with Crippen LogP contribution >= 0.6 is 15.9 Å². The minimum atomic E-state index is -0.307. The van der Waals surface area contributed by atoms with Crippen LogP contribution in [0.1, 0.15) is 32.2 Å². The Morgan fingerprint density at radius 2 is 2.00 bits per heavy atom. The van der Waals surface area contributed by atoms with Gasteiger partial charge in [-0.3, -0.25) is 9.59 Å². The van der Waals surface area contributed by atoms with Gasteiger partial charge in [0.2, 0.25) is 0 Å². The fourth-order valence-electron chi connectivity index (χ4n) is 2.69. The van der Waals surface area contributed by atoms with Crippen LogP contribution in [0, 0.1) is 6.92 Å². The number of H-pyrrole nitrogens is 1. The number of carbonyl (C=O) groups is 2. The summed E-state index contributed by atoms with van der Waals surface area (Å²) in [7, 11) is 1.58. The molecule has 0 unspecified atom stereocenters. The summed E-state index contributed by atoms with van der Waals surface area (Å²) in [6, 6.07) is 8.90. The molecule has 0 saturated heterocycles. The Bertz CT molecular complexity index is 975. The number of aliphatic hydroxyl groups is 1. The largest absolute Gasteiger partial charge is 0.395 e. The Hall–Kier alpha value is -2.71. The number of aromatic amines is 1. The quantitative estimate of drug-likeness (QED) is 0.584. The van der Waals surface area contributed by atoms with Crippen molar-refractivity contribution < 1.29 is 19.2 Å². The first kappa shape index (κ1) is 19.1. The van der Waals surface area contributed by atoms with Gasteiger partial charge in [-0.1, -0.05) is 33.2 Å². The van der Waals surface area contributed by atoms with Crippen molar-refractivity contribution in [2.75, 3.05) is 20.2 Å². The molecule has 0 radical (unpaired) electrons. The van der Waals surface area contributed by atoms with Crippen molar-refractivity contribution in [3.63, 3.8) is 0 Å². The van der Waals surface area contributed by atoms with Crippen LogP contribution in [0.15, 0.2) is 45.5 Å². The maximum absolute atomic E-state index is 13.0. The summed E-state index contributed by atoms with van der Waals surface area (Å²) in [5.41, 5.74) is 2.18. The van der Waals surface area contributed by atoms with Gasteiger partial charge in [0.15, 0.2) is 5.78 Å². The molecule has 27 heavy (non-hydrogen) atoms. The molecule has 2 N–H and O–H groups in total. The van der Waals surface area contributed by atoms with Crippen molar-refractivity contribution in [1.29, 1.82) is 0 Å². The number of hydrogen-bond acceptors (Lipinski definition) is 5. The van der Waals surface area contributed by atoms with Crippen molar-refractivity contribution in [3.8, 4) is 11.3 Å². The fourth-order valence-corrected chi connectivity index (χ4v) is 2.96. The molecule has 2 heterocycles. The van der Waals surface area contributed by atoms with E-state index in [9.17, 15) is 9.59 Å². The zero-order valence-corrected chi connectivity index (χ0v) is 16.4. The number of nitrogens with zero attached hydrogens (tertiary/aromatic N) is 2. The van der Waals surface area contributed by atoms with E-state index in [1.807, 2.05) is 24.3 Å². The molecule has 2 aromatic heterocycles. The third-order valence-electron chi connectivity index (χ3n) is 4.17. The number of likely N-dealkylation sites (N-methyl/N-ethyl adjacent to an activating group) is 1. The third-order valence-corrected chi connectivity index (χ3v) is 4.69. The Morgan fingerprint density at radius 3 is 2.67 bits per heavy atom. The first-order valence-electron chi connectivity index (χ1n) is 8.24. The van der Waals surface area contributed by atoms with Gasteiger partial charge in [0.05, 0.1) is 12.2 Å². The molecule has 140 valence electrons. The average Bonchev–Trinajstić information content (AvgIpc) is 3.28. The molecule has 1 amide bonds. The topological polar surface area (TPSA) is 99.4 Å². The monoisotopic (exact) mass is 431 g/mol. The molecule has 1 aromatic carbocycles. The van der Waals surface area contributed by atoms with Crippen LogP contribution in [-0.4, -0.2) is 52.0 Å². The van der Waals surface area contributed by atoms with Crippen molar-refractivity contribution in [2.45, 2.75) is 6.92 Å². The lowest BCUT2D eigenvalue weighted by atomic mass is 9.99. The van der Waals surface area contributed by atoms with E-state index in [1.165, 1.54) is 17.2 Å². The molecular weight excluding hydrogens is 414 g/mol. The smallest absolute Gasteiger partial charge is 0.270 e. The molecule has 8 heteroatoms. The highest BCUT2D eigenvalue weighted by atomic mass is 79.9. The zero-order valence-electron chi connectivity index (χ0n) is 14.8. The third kappa shape index (κ3) is 3.86. The molecule has 0 bridgehead atoms. The van der Waals surface area contributed by atoms with E-state index in [4.69, 9.17) is 9.63 Å². The molecule has 3 aromatic rings. The summed E-state index contributed by atoms with van der Waals surface area (Å²) < 4.78 is 6.17. The second kappa shape index (κ2) is 7.89. The average molecular weight is 432 g/mol. The number of carbonyl (C=O) groups excluding carboxylic acids is 2. The first-order valence-corrected chi connectivity index (χ1v) is 9.03. The number of halogens is 1. The lowest BCUT2D eigenvalue weighted by molar-refractivity contribution is 0.0762. The number of benzene rings is 1. The minimum absolute atomic E-state index is 0.134. The number of aromatic nitrogens is 2. The van der Waals surface area contributed by atoms with E-state index < -0.39 is 0 Å². The number of aryl methyl sites for hydroxylation is 1. The first-order chi connectivity index (χ1) is 12.9. The van der Waals surface area contributed by atoms with Crippen molar-refractivity contribution in [3.05, 3.63) is 63.6 Å². The number of hydrogen-bond donors (Lipinski definition) is 2. The molecule has 0 atom stereocenters. The number of amides is 1. The van der Waals surface area contributed by atoms with Crippen LogP contribution in [0.4, 0.5) is 0 Å². The van der Waals surface area contributed by atoms with E-state index in [2.05, 4.69) is 26.1 Å². The van der Waals surface area contributed by atoms with Crippen molar-refractivity contribution in [1.82, 2.24) is 15.0 Å². The van der Waals surface area contributed by atoms with Gasteiger partial charge in [-0.2, -0.15) is 0 Å². The molecule has 0 aliphatic heterocycles. The Morgan fingerprint density at radius 1 is 1.30 bits per heavy atom. The van der Waals surface area contributed by atoms with Gasteiger partial charge in [0.25, 0.3) is 5.91 Å². The molecule has 7 nitrogen and oxygen atoms in total. The number of aliphatic hydroxyl groups excluding tert-OH is 1. The maximum atomic E-state index is 13.0. The fraction of sp³-hybridized carbons (Fsp3) is 0.211. The van der Waals surface area contributed by atoms with Crippen LogP contribution in [-0.2, 0) is 0 Å². The second-order valence-electron chi connectivity index (χ2n) is 6.05. The van der Waals surface area contributed by atoms with Crippen LogP contribution in [0.25, 0.3) is 11.3 Å². The summed E-state index contributed by atoms with van der Waals surface area (Å²) in [5.74, 6) is -0.186. The van der Waals surface area contributed by atoms with Crippen LogP contribution in [0.2, 0.25) is 0 Å². The lowest BCUT2D eigenvalue weighted by Gasteiger charge is -2.13. The lowest BCUT2D eigenvalue weighted by Crippen LogP contribution is -2.29. The summed E-state index contributed by atoms with van der Waals surface area (Å²) in [4.78, 5) is 29.5. The number of rotatable bonds is 6. The van der Waals surface area contributed by atoms with Gasteiger partial charge < -0.3 is 19.5 Å². The van der Waals surface area contributed by atoms with E-state index in [-0.39, 0.29) is 30.5 Å². The predicted molar refractivity (Wildman–Crippen MR) is 103 cm³/mol. The molecule has 3 rings (SSSR count). The van der Waals surface area contributed by atoms with Gasteiger partial charge in [-0.15, -0.1) is 0 Å². The van der Waals surface area contributed by atoms with Crippen molar-refractivity contribution >= 4 is 27.6 Å². The Kier molecular flexibility index (Phi) is 5.57. The van der Waals surface area contributed by atoms with Gasteiger partial charge in [-0.05, 0) is 25.1 Å². The summed E-state index contributed by atoms with van der Waals surface area (Å²) in [6.07, 6.45) is 1.49. The zero-order chi connectivity index (χ0) is 19.6. The summed E-state index contributed by atoms with van der Waals surface area (Å²) in [6.45, 7) is 1.75. The standard InChI is InChI=1S/C19H18BrN3O4/c1-11-16(17(22-27-11)12-3-5-14(20)6-4-12)18(25)13-9-15(21-10-13)19(26)23(2)7-8-24/h3-6,9-10,21,24H,7-8H2,1-2H3.